The molecule has 4 aromatic rings. The van der Waals surface area contributed by atoms with Crippen molar-refractivity contribution in [3.8, 4) is 0 Å². The van der Waals surface area contributed by atoms with E-state index in [-0.39, 0.29) is 18.1 Å². The summed E-state index contributed by atoms with van der Waals surface area (Å²) in [6.07, 6.45) is 0.0202. The lowest BCUT2D eigenvalue weighted by atomic mass is 9.98. The Hall–Kier alpha value is -3.61. The summed E-state index contributed by atoms with van der Waals surface area (Å²) in [5, 5.41) is 7.41. The van der Waals surface area contributed by atoms with Crippen LogP contribution in [-0.2, 0) is 11.2 Å². The first-order valence-electron chi connectivity index (χ1n) is 9.29. The topological polar surface area (TPSA) is 72.2 Å². The molecule has 0 radical (unpaired) electrons. The van der Waals surface area contributed by atoms with Crippen LogP contribution in [0.25, 0.3) is 5.78 Å². The number of rotatable bonds is 5. The van der Waals surface area contributed by atoms with Crippen molar-refractivity contribution in [2.75, 3.05) is 0 Å². The van der Waals surface area contributed by atoms with Gasteiger partial charge >= 0.3 is 0 Å². The molecule has 2 heterocycles. The second-order valence-electron chi connectivity index (χ2n) is 6.92. The first-order valence-corrected chi connectivity index (χ1v) is 9.29. The highest BCUT2D eigenvalue weighted by Gasteiger charge is 2.19. The quantitative estimate of drug-likeness (QED) is 0.568. The van der Waals surface area contributed by atoms with Gasteiger partial charge in [-0.05, 0) is 43.2 Å². The van der Waals surface area contributed by atoms with Gasteiger partial charge in [0.25, 0.3) is 5.78 Å². The lowest BCUT2D eigenvalue weighted by molar-refractivity contribution is -0.121. The van der Waals surface area contributed by atoms with E-state index in [9.17, 15) is 9.18 Å². The monoisotopic (exact) mass is 389 g/mol. The molecule has 0 fully saturated rings. The van der Waals surface area contributed by atoms with Crippen LogP contribution in [0, 0.1) is 19.7 Å². The van der Waals surface area contributed by atoms with Gasteiger partial charge in [-0.3, -0.25) is 4.79 Å². The van der Waals surface area contributed by atoms with E-state index in [0.717, 1.165) is 22.5 Å². The number of benzene rings is 2. The van der Waals surface area contributed by atoms with E-state index in [4.69, 9.17) is 0 Å². The Balaban J connectivity index is 1.58. The van der Waals surface area contributed by atoms with Crippen molar-refractivity contribution in [2.45, 2.75) is 26.3 Å². The Morgan fingerprint density at radius 2 is 1.72 bits per heavy atom. The third-order valence-corrected chi connectivity index (χ3v) is 4.62. The van der Waals surface area contributed by atoms with Gasteiger partial charge in [-0.2, -0.15) is 4.98 Å². The Morgan fingerprint density at radius 3 is 2.45 bits per heavy atom. The summed E-state index contributed by atoms with van der Waals surface area (Å²) in [6.45, 7) is 3.81. The van der Waals surface area contributed by atoms with E-state index in [2.05, 4.69) is 20.4 Å². The molecule has 1 N–H and O–H groups in total. The minimum atomic E-state index is -0.400. The smallest absolute Gasteiger partial charge is 0.252 e. The lowest BCUT2D eigenvalue weighted by Crippen LogP contribution is -2.31. The number of hydrogen-bond donors (Lipinski definition) is 1. The normalized spacial score (nSPS) is 12.1. The summed E-state index contributed by atoms with van der Waals surface area (Å²) in [4.78, 5) is 21.5. The van der Waals surface area contributed by atoms with Crippen LogP contribution in [0.4, 0.5) is 4.39 Å². The van der Waals surface area contributed by atoms with Crippen LogP contribution in [-0.4, -0.2) is 25.5 Å². The van der Waals surface area contributed by atoms with E-state index in [1.807, 2.05) is 50.2 Å². The fourth-order valence-electron chi connectivity index (χ4n) is 3.30. The Morgan fingerprint density at radius 1 is 1.03 bits per heavy atom. The number of aryl methyl sites for hydroxylation is 2. The van der Waals surface area contributed by atoms with Gasteiger partial charge in [0.05, 0.1) is 12.5 Å². The predicted octanol–water partition coefficient (Wildman–Crippen LogP) is 3.33. The summed E-state index contributed by atoms with van der Waals surface area (Å²) in [7, 11) is 0. The fourth-order valence-corrected chi connectivity index (χ4v) is 3.30. The van der Waals surface area contributed by atoms with Gasteiger partial charge < -0.3 is 5.32 Å². The molecule has 0 aliphatic heterocycles. The van der Waals surface area contributed by atoms with Crippen LogP contribution in [0.1, 0.15) is 34.4 Å². The number of amides is 1. The number of fused-ring (bicyclic) bond motifs is 1. The summed E-state index contributed by atoms with van der Waals surface area (Å²) in [5.74, 6) is 0.325. The second-order valence-corrected chi connectivity index (χ2v) is 6.92. The van der Waals surface area contributed by atoms with Crippen molar-refractivity contribution in [1.82, 2.24) is 24.9 Å². The molecule has 29 heavy (non-hydrogen) atoms. The molecule has 2 aromatic heterocycles. The molecule has 6 nitrogen and oxygen atoms in total. The van der Waals surface area contributed by atoms with Gasteiger partial charge in [0.2, 0.25) is 5.91 Å². The predicted molar refractivity (Wildman–Crippen MR) is 107 cm³/mol. The fraction of sp³-hybridized carbons (Fsp3) is 0.182. The molecule has 146 valence electrons. The van der Waals surface area contributed by atoms with Crippen molar-refractivity contribution in [3.05, 3.63) is 94.8 Å². The molecule has 7 heteroatoms. The third-order valence-electron chi connectivity index (χ3n) is 4.62. The van der Waals surface area contributed by atoms with E-state index >= 15 is 0 Å². The zero-order chi connectivity index (χ0) is 20.4. The van der Waals surface area contributed by atoms with E-state index < -0.39 is 6.04 Å². The number of carbonyl (C=O) groups excluding carboxylic acids is 1. The molecular formula is C22H20FN5O. The summed E-state index contributed by atoms with van der Waals surface area (Å²) < 4.78 is 15.0. The minimum absolute atomic E-state index is 0.0202. The third kappa shape index (κ3) is 4.13. The Labute approximate surface area is 167 Å². The zero-order valence-electron chi connectivity index (χ0n) is 16.1. The molecule has 1 atom stereocenters. The van der Waals surface area contributed by atoms with Crippen LogP contribution in [0.3, 0.4) is 0 Å². The average Bonchev–Trinajstić information content (AvgIpc) is 3.10. The van der Waals surface area contributed by atoms with Crippen LogP contribution >= 0.6 is 0 Å². The van der Waals surface area contributed by atoms with Crippen molar-refractivity contribution >= 4 is 11.7 Å². The molecular weight excluding hydrogens is 369 g/mol. The van der Waals surface area contributed by atoms with Gasteiger partial charge in [-0.15, -0.1) is 5.10 Å². The zero-order valence-corrected chi connectivity index (χ0v) is 16.1. The second kappa shape index (κ2) is 7.79. The SMILES string of the molecule is Cc1cc(C)n2nc(CC(=O)N[C@@H](c3ccccc3)c3ccc(F)cc3)nc2n1. The van der Waals surface area contributed by atoms with Crippen LogP contribution in [0.15, 0.2) is 60.7 Å². The molecule has 0 aliphatic rings. The number of hydrogen-bond acceptors (Lipinski definition) is 4. The van der Waals surface area contributed by atoms with Gasteiger partial charge in [0.1, 0.15) is 5.82 Å². The maximum absolute atomic E-state index is 13.4. The number of nitrogens with one attached hydrogen (secondary N) is 1. The number of aromatic nitrogens is 4. The van der Waals surface area contributed by atoms with E-state index in [0.29, 0.717) is 11.6 Å². The van der Waals surface area contributed by atoms with Crippen LogP contribution < -0.4 is 5.32 Å². The molecule has 4 rings (SSSR count). The van der Waals surface area contributed by atoms with Gasteiger partial charge in [0, 0.05) is 11.4 Å². The van der Waals surface area contributed by atoms with Gasteiger partial charge in [-0.25, -0.2) is 13.9 Å². The maximum Gasteiger partial charge on any atom is 0.252 e. The highest BCUT2D eigenvalue weighted by molar-refractivity contribution is 5.78. The Bertz CT molecular complexity index is 1160. The maximum atomic E-state index is 13.4. The molecule has 0 unspecified atom stereocenters. The largest absolute Gasteiger partial charge is 0.345 e. The summed E-state index contributed by atoms with van der Waals surface area (Å²) in [6, 6.07) is 17.2. The molecule has 1 amide bonds. The van der Waals surface area contributed by atoms with Crippen molar-refractivity contribution in [1.29, 1.82) is 0 Å². The first kappa shape index (κ1) is 18.7. The Kier molecular flexibility index (Phi) is 5.03. The first-order chi connectivity index (χ1) is 14.0. The molecule has 2 aromatic carbocycles. The summed E-state index contributed by atoms with van der Waals surface area (Å²) in [5.41, 5.74) is 3.45. The van der Waals surface area contributed by atoms with Crippen molar-refractivity contribution in [3.63, 3.8) is 0 Å². The number of carbonyl (C=O) groups is 1. The van der Waals surface area contributed by atoms with E-state index in [1.165, 1.54) is 12.1 Å². The number of halogens is 1. The molecule has 0 saturated heterocycles. The van der Waals surface area contributed by atoms with Crippen molar-refractivity contribution in [2.24, 2.45) is 0 Å². The van der Waals surface area contributed by atoms with E-state index in [1.54, 1.807) is 16.6 Å². The van der Waals surface area contributed by atoms with Gasteiger partial charge in [0.15, 0.2) is 5.82 Å². The molecule has 0 saturated carbocycles. The molecule has 0 spiro atoms. The number of nitrogens with zero attached hydrogens (tertiary/aromatic N) is 4. The average molecular weight is 389 g/mol. The highest BCUT2D eigenvalue weighted by Crippen LogP contribution is 2.22. The molecule has 0 aliphatic carbocycles. The summed E-state index contributed by atoms with van der Waals surface area (Å²) >= 11 is 0. The highest BCUT2D eigenvalue weighted by atomic mass is 19.1. The van der Waals surface area contributed by atoms with Crippen LogP contribution in [0.5, 0.6) is 0 Å². The lowest BCUT2D eigenvalue weighted by Gasteiger charge is -2.19. The minimum Gasteiger partial charge on any atom is -0.345 e. The molecule has 0 bridgehead atoms. The standard InChI is InChI=1S/C22H20FN5O/c1-14-12-15(2)28-22(24-14)25-19(27-28)13-20(29)26-21(16-6-4-3-5-7-16)17-8-10-18(23)11-9-17/h3-12,21H,13H2,1-2H3,(H,26,29)/t21-/m0/s1. The van der Waals surface area contributed by atoms with Crippen LogP contribution in [0.2, 0.25) is 0 Å². The van der Waals surface area contributed by atoms with Crippen molar-refractivity contribution < 1.29 is 9.18 Å². The van der Waals surface area contributed by atoms with Gasteiger partial charge in [-0.1, -0.05) is 42.5 Å².